The first-order chi connectivity index (χ1) is 11.6. The summed E-state index contributed by atoms with van der Waals surface area (Å²) in [5.74, 6) is 0.359. The van der Waals surface area contributed by atoms with Gasteiger partial charge in [-0.05, 0) is 32.3 Å². The van der Waals surface area contributed by atoms with Gasteiger partial charge in [0.1, 0.15) is 5.69 Å². The lowest BCUT2D eigenvalue weighted by atomic mass is 9.88. The lowest BCUT2D eigenvalue weighted by Crippen LogP contribution is -2.47. The lowest BCUT2D eigenvalue weighted by molar-refractivity contribution is -0.00315. The Balaban J connectivity index is 1.73. The van der Waals surface area contributed by atoms with Crippen molar-refractivity contribution in [3.63, 3.8) is 0 Å². The molecule has 1 aromatic heterocycles. The van der Waals surface area contributed by atoms with Gasteiger partial charge in [-0.2, -0.15) is 0 Å². The zero-order valence-corrected chi connectivity index (χ0v) is 15.3. The van der Waals surface area contributed by atoms with E-state index >= 15 is 0 Å². The van der Waals surface area contributed by atoms with Crippen LogP contribution in [0.1, 0.15) is 33.0 Å². The predicted molar refractivity (Wildman–Crippen MR) is 96.5 cm³/mol. The number of rotatable bonds is 4. The molecule has 0 saturated carbocycles. The monoisotopic (exact) mass is 344 g/mol. The summed E-state index contributed by atoms with van der Waals surface area (Å²) in [4.78, 5) is 19.0. The summed E-state index contributed by atoms with van der Waals surface area (Å²) in [6.45, 7) is 5.50. The third-order valence-electron chi connectivity index (χ3n) is 4.67. The van der Waals surface area contributed by atoms with Gasteiger partial charge in [0.2, 0.25) is 0 Å². The van der Waals surface area contributed by atoms with E-state index in [-0.39, 0.29) is 12.0 Å². The molecule has 1 aliphatic heterocycles. The van der Waals surface area contributed by atoms with Crippen molar-refractivity contribution >= 4 is 17.2 Å². The molecule has 3 rings (SSSR count). The third-order valence-corrected chi connectivity index (χ3v) is 5.45. The van der Waals surface area contributed by atoms with E-state index in [4.69, 9.17) is 4.74 Å². The second-order valence-corrected chi connectivity index (χ2v) is 7.58. The highest BCUT2D eigenvalue weighted by atomic mass is 32.1. The molecule has 2 heterocycles. The molecule has 5 heteroatoms. The van der Waals surface area contributed by atoms with Crippen molar-refractivity contribution in [2.45, 2.75) is 32.8 Å². The van der Waals surface area contributed by atoms with E-state index in [1.54, 1.807) is 7.11 Å². The summed E-state index contributed by atoms with van der Waals surface area (Å²) in [5, 5.41) is 2.79. The number of aromatic nitrogens is 1. The second kappa shape index (κ2) is 7.45. The molecule has 1 saturated heterocycles. The van der Waals surface area contributed by atoms with Crippen molar-refractivity contribution in [2.75, 3.05) is 20.2 Å². The number of hydrogen-bond acceptors (Lipinski definition) is 4. The summed E-state index contributed by atoms with van der Waals surface area (Å²) in [5.41, 5.74) is 3.15. The third kappa shape index (κ3) is 3.84. The Bertz CT molecular complexity index is 713. The van der Waals surface area contributed by atoms with E-state index in [9.17, 15) is 4.79 Å². The highest BCUT2D eigenvalue weighted by Crippen LogP contribution is 2.25. The normalized spacial score (nSPS) is 21.0. The van der Waals surface area contributed by atoms with Crippen LogP contribution in [0.2, 0.25) is 0 Å². The zero-order chi connectivity index (χ0) is 17.1. The van der Waals surface area contributed by atoms with Gasteiger partial charge in [-0.15, -0.1) is 11.3 Å². The molecule has 0 aliphatic carbocycles. The number of carbonyl (C=O) groups is 1. The van der Waals surface area contributed by atoms with Gasteiger partial charge in [0.15, 0.2) is 0 Å². The maximum Gasteiger partial charge on any atom is 0.273 e. The van der Waals surface area contributed by atoms with Gasteiger partial charge in [-0.3, -0.25) is 4.79 Å². The molecular weight excluding hydrogens is 320 g/mol. The number of hydrogen-bond donors (Lipinski definition) is 0. The molecule has 128 valence electrons. The highest BCUT2D eigenvalue weighted by molar-refractivity contribution is 7.09. The fourth-order valence-electron chi connectivity index (χ4n) is 3.47. The van der Waals surface area contributed by atoms with Crippen LogP contribution in [0.4, 0.5) is 0 Å². The maximum atomic E-state index is 12.7. The molecule has 1 fully saturated rings. The quantitative estimate of drug-likeness (QED) is 0.853. The van der Waals surface area contributed by atoms with Crippen LogP contribution in [0.15, 0.2) is 29.6 Å². The number of benzene rings is 1. The molecule has 0 bridgehead atoms. The summed E-state index contributed by atoms with van der Waals surface area (Å²) < 4.78 is 5.69. The fourth-order valence-corrected chi connectivity index (χ4v) is 4.05. The first kappa shape index (κ1) is 17.1. The van der Waals surface area contributed by atoms with Crippen molar-refractivity contribution in [1.29, 1.82) is 0 Å². The van der Waals surface area contributed by atoms with Gasteiger partial charge >= 0.3 is 0 Å². The molecule has 0 radical (unpaired) electrons. The topological polar surface area (TPSA) is 42.4 Å². The Morgan fingerprint density at radius 1 is 1.42 bits per heavy atom. The van der Waals surface area contributed by atoms with Crippen molar-refractivity contribution in [3.05, 3.63) is 51.5 Å². The number of likely N-dealkylation sites (tertiary alicyclic amines) is 1. The minimum Gasteiger partial charge on any atom is -0.381 e. The van der Waals surface area contributed by atoms with Crippen LogP contribution in [-0.4, -0.2) is 42.1 Å². The number of thiazole rings is 1. The van der Waals surface area contributed by atoms with E-state index in [2.05, 4.69) is 36.2 Å². The summed E-state index contributed by atoms with van der Waals surface area (Å²) in [6, 6.07) is 8.58. The number of aryl methyl sites for hydroxylation is 2. The van der Waals surface area contributed by atoms with Gasteiger partial charge in [0.25, 0.3) is 5.91 Å². The molecule has 4 nitrogen and oxygen atoms in total. The largest absolute Gasteiger partial charge is 0.381 e. The molecule has 1 amide bonds. The molecule has 0 spiro atoms. The summed E-state index contributed by atoms with van der Waals surface area (Å²) in [6.07, 6.45) is 2.01. The van der Waals surface area contributed by atoms with Crippen LogP contribution < -0.4 is 0 Å². The van der Waals surface area contributed by atoms with E-state index in [0.717, 1.165) is 30.9 Å². The van der Waals surface area contributed by atoms with Crippen molar-refractivity contribution in [3.8, 4) is 0 Å². The Hall–Kier alpha value is -1.72. The Morgan fingerprint density at radius 2 is 2.25 bits per heavy atom. The predicted octanol–water partition coefficient (Wildman–Crippen LogP) is 3.48. The fraction of sp³-hybridized carbons (Fsp3) is 0.474. The number of nitrogens with zero attached hydrogens (tertiary/aromatic N) is 2. The van der Waals surface area contributed by atoms with E-state index in [0.29, 0.717) is 11.6 Å². The van der Waals surface area contributed by atoms with Crippen LogP contribution in [-0.2, 0) is 11.2 Å². The molecule has 1 aromatic carbocycles. The van der Waals surface area contributed by atoms with Crippen LogP contribution in [0.5, 0.6) is 0 Å². The van der Waals surface area contributed by atoms with Gasteiger partial charge in [-0.25, -0.2) is 4.98 Å². The van der Waals surface area contributed by atoms with E-state index < -0.39 is 0 Å². The number of amides is 1. The van der Waals surface area contributed by atoms with Crippen LogP contribution in [0, 0.1) is 19.8 Å². The minimum atomic E-state index is 0.0446. The number of methoxy groups -OCH3 is 1. The smallest absolute Gasteiger partial charge is 0.273 e. The van der Waals surface area contributed by atoms with Crippen molar-refractivity contribution in [1.82, 2.24) is 9.88 Å². The highest BCUT2D eigenvalue weighted by Gasteiger charge is 2.32. The zero-order valence-electron chi connectivity index (χ0n) is 14.5. The molecule has 24 heavy (non-hydrogen) atoms. The van der Waals surface area contributed by atoms with Crippen molar-refractivity contribution < 1.29 is 9.53 Å². The molecule has 2 atom stereocenters. The standard InChI is InChI=1S/C19H24N2O2S/c1-13-5-4-6-15(9-13)10-16-11-21(8-7-18(16)23-3)19(22)17-12-24-14(2)20-17/h4-6,9,12,16,18H,7-8,10-11H2,1-3H3/t16-,18+/m0/s1. The van der Waals surface area contributed by atoms with E-state index in [1.165, 1.54) is 22.5 Å². The Morgan fingerprint density at radius 3 is 2.92 bits per heavy atom. The Kier molecular flexibility index (Phi) is 5.31. The average Bonchev–Trinajstić information content (AvgIpc) is 3.00. The van der Waals surface area contributed by atoms with E-state index in [1.807, 2.05) is 17.2 Å². The minimum absolute atomic E-state index is 0.0446. The molecule has 0 N–H and O–H groups in total. The van der Waals surface area contributed by atoms with Crippen LogP contribution in [0.3, 0.4) is 0 Å². The second-order valence-electron chi connectivity index (χ2n) is 6.52. The first-order valence-corrected chi connectivity index (χ1v) is 9.24. The molecule has 2 aromatic rings. The number of piperidine rings is 1. The van der Waals surface area contributed by atoms with Crippen LogP contribution in [0.25, 0.3) is 0 Å². The maximum absolute atomic E-state index is 12.7. The molecule has 0 unspecified atom stereocenters. The van der Waals surface area contributed by atoms with Crippen molar-refractivity contribution in [2.24, 2.45) is 5.92 Å². The number of carbonyl (C=O) groups excluding carboxylic acids is 1. The van der Waals surface area contributed by atoms with Gasteiger partial charge in [-0.1, -0.05) is 29.8 Å². The SMILES string of the molecule is CO[C@@H]1CCN(C(=O)c2csc(C)n2)C[C@@H]1Cc1cccc(C)c1. The van der Waals surface area contributed by atoms with Crippen LogP contribution >= 0.6 is 11.3 Å². The first-order valence-electron chi connectivity index (χ1n) is 8.36. The van der Waals surface area contributed by atoms with Gasteiger partial charge in [0, 0.05) is 31.5 Å². The van der Waals surface area contributed by atoms with Gasteiger partial charge < -0.3 is 9.64 Å². The Labute approximate surface area is 147 Å². The lowest BCUT2D eigenvalue weighted by Gasteiger charge is -2.37. The number of ether oxygens (including phenoxy) is 1. The summed E-state index contributed by atoms with van der Waals surface area (Å²) >= 11 is 1.52. The average molecular weight is 344 g/mol. The molecular formula is C19H24N2O2S. The molecule has 1 aliphatic rings. The van der Waals surface area contributed by atoms with Gasteiger partial charge in [0.05, 0.1) is 11.1 Å². The summed E-state index contributed by atoms with van der Waals surface area (Å²) in [7, 11) is 1.77.